The Kier molecular flexibility index (Phi) is 3.11. The summed E-state index contributed by atoms with van der Waals surface area (Å²) >= 11 is 4.82. The van der Waals surface area contributed by atoms with E-state index in [-0.39, 0.29) is 16.4 Å². The number of thiocarbonyl (C=S) groups is 1. The van der Waals surface area contributed by atoms with E-state index in [9.17, 15) is 4.79 Å². The Labute approximate surface area is 106 Å². The first-order valence-electron chi connectivity index (χ1n) is 5.59. The van der Waals surface area contributed by atoms with Crippen LogP contribution >= 0.6 is 12.2 Å². The molecule has 0 saturated heterocycles. The van der Waals surface area contributed by atoms with E-state index >= 15 is 0 Å². The molecule has 1 heterocycles. The lowest BCUT2D eigenvalue weighted by atomic mass is 9.78. The highest BCUT2D eigenvalue weighted by Gasteiger charge is 2.33. The molecular formula is C12H15N3OS. The average Bonchev–Trinajstić information content (AvgIpc) is 2.27. The summed E-state index contributed by atoms with van der Waals surface area (Å²) in [5.41, 5.74) is 6.48. The van der Waals surface area contributed by atoms with E-state index in [1.807, 2.05) is 0 Å². The summed E-state index contributed by atoms with van der Waals surface area (Å²) in [5.74, 6) is -0.137. The zero-order chi connectivity index (χ0) is 12.5. The molecule has 0 bridgehead atoms. The number of amides is 1. The van der Waals surface area contributed by atoms with Crippen molar-refractivity contribution in [3.8, 4) is 0 Å². The van der Waals surface area contributed by atoms with Crippen LogP contribution in [0.3, 0.4) is 0 Å². The molecule has 1 aromatic heterocycles. The van der Waals surface area contributed by atoms with Gasteiger partial charge in [0.05, 0.1) is 0 Å². The van der Waals surface area contributed by atoms with E-state index in [0.29, 0.717) is 11.3 Å². The van der Waals surface area contributed by atoms with Crippen LogP contribution in [0.15, 0.2) is 18.3 Å². The summed E-state index contributed by atoms with van der Waals surface area (Å²) in [5, 5.41) is 2.99. The molecule has 1 aliphatic rings. The summed E-state index contributed by atoms with van der Waals surface area (Å²) in [6, 6.07) is 3.36. The Bertz CT molecular complexity index is 451. The molecule has 17 heavy (non-hydrogen) atoms. The van der Waals surface area contributed by atoms with Crippen LogP contribution in [0.2, 0.25) is 0 Å². The fraction of sp³-hybridized carbons (Fsp3) is 0.417. The van der Waals surface area contributed by atoms with E-state index in [1.54, 1.807) is 12.1 Å². The van der Waals surface area contributed by atoms with Gasteiger partial charge in [0.2, 0.25) is 0 Å². The van der Waals surface area contributed by atoms with Crippen molar-refractivity contribution < 1.29 is 4.79 Å². The van der Waals surface area contributed by atoms with Crippen molar-refractivity contribution in [2.45, 2.75) is 31.7 Å². The van der Waals surface area contributed by atoms with Crippen LogP contribution < -0.4 is 11.1 Å². The minimum atomic E-state index is -0.137. The number of hydrogen-bond acceptors (Lipinski definition) is 3. The molecule has 0 atom stereocenters. The van der Waals surface area contributed by atoms with Gasteiger partial charge in [0.25, 0.3) is 5.91 Å². The third-order valence-electron chi connectivity index (χ3n) is 3.15. The topological polar surface area (TPSA) is 68.0 Å². The van der Waals surface area contributed by atoms with Crippen molar-refractivity contribution in [2.75, 3.05) is 0 Å². The summed E-state index contributed by atoms with van der Waals surface area (Å²) in [6.07, 6.45) is 4.76. The Balaban J connectivity index is 2.06. The Morgan fingerprint density at radius 1 is 1.53 bits per heavy atom. The molecule has 1 amide bonds. The smallest absolute Gasteiger partial charge is 0.270 e. The Hall–Kier alpha value is -1.49. The monoisotopic (exact) mass is 249 g/mol. The van der Waals surface area contributed by atoms with Crippen LogP contribution in [-0.4, -0.2) is 21.4 Å². The van der Waals surface area contributed by atoms with Crippen molar-refractivity contribution in [3.63, 3.8) is 0 Å². The number of pyridine rings is 1. The third kappa shape index (κ3) is 2.61. The van der Waals surface area contributed by atoms with Crippen LogP contribution in [0, 0.1) is 0 Å². The highest BCUT2D eigenvalue weighted by atomic mass is 32.1. The van der Waals surface area contributed by atoms with E-state index in [4.69, 9.17) is 18.0 Å². The van der Waals surface area contributed by atoms with Crippen LogP contribution in [0.1, 0.15) is 42.2 Å². The molecule has 0 spiro atoms. The second-order valence-corrected chi connectivity index (χ2v) is 5.10. The second kappa shape index (κ2) is 4.41. The minimum Gasteiger partial charge on any atom is -0.389 e. The molecule has 3 N–H and O–H groups in total. The number of carbonyl (C=O) groups excluding carboxylic acids is 1. The van der Waals surface area contributed by atoms with Gasteiger partial charge in [-0.3, -0.25) is 9.78 Å². The van der Waals surface area contributed by atoms with Gasteiger partial charge in [-0.2, -0.15) is 0 Å². The number of nitrogens with two attached hydrogens (primary N) is 1. The maximum absolute atomic E-state index is 11.9. The molecule has 1 aromatic rings. The van der Waals surface area contributed by atoms with E-state index in [1.165, 1.54) is 12.6 Å². The van der Waals surface area contributed by atoms with Gasteiger partial charge in [-0.1, -0.05) is 12.2 Å². The molecule has 0 unspecified atom stereocenters. The fourth-order valence-corrected chi connectivity index (χ4v) is 1.96. The fourth-order valence-electron chi connectivity index (χ4n) is 1.84. The molecular weight excluding hydrogens is 234 g/mol. The highest BCUT2D eigenvalue weighted by molar-refractivity contribution is 7.80. The third-order valence-corrected chi connectivity index (χ3v) is 3.39. The number of carbonyl (C=O) groups is 1. The molecule has 5 heteroatoms. The zero-order valence-corrected chi connectivity index (χ0v) is 10.5. The van der Waals surface area contributed by atoms with Crippen molar-refractivity contribution in [1.29, 1.82) is 0 Å². The van der Waals surface area contributed by atoms with E-state index in [0.717, 1.165) is 12.8 Å². The molecule has 0 aromatic carbocycles. The number of nitrogens with zero attached hydrogens (tertiary/aromatic N) is 1. The first-order valence-corrected chi connectivity index (χ1v) is 5.99. The maximum Gasteiger partial charge on any atom is 0.270 e. The molecule has 0 aliphatic heterocycles. The van der Waals surface area contributed by atoms with Crippen molar-refractivity contribution in [2.24, 2.45) is 5.73 Å². The van der Waals surface area contributed by atoms with Crippen molar-refractivity contribution >= 4 is 23.1 Å². The van der Waals surface area contributed by atoms with E-state index in [2.05, 4.69) is 17.2 Å². The Morgan fingerprint density at radius 3 is 2.65 bits per heavy atom. The molecule has 0 radical (unpaired) electrons. The first-order chi connectivity index (χ1) is 8.00. The van der Waals surface area contributed by atoms with Gasteiger partial charge >= 0.3 is 0 Å². The lowest BCUT2D eigenvalue weighted by Crippen LogP contribution is -2.51. The van der Waals surface area contributed by atoms with Gasteiger partial charge in [-0.05, 0) is 38.3 Å². The quantitative estimate of drug-likeness (QED) is 0.794. The molecule has 1 fully saturated rings. The highest BCUT2D eigenvalue weighted by Crippen LogP contribution is 2.31. The molecule has 1 aliphatic carbocycles. The van der Waals surface area contributed by atoms with Crippen LogP contribution in [0.25, 0.3) is 0 Å². The van der Waals surface area contributed by atoms with Crippen molar-refractivity contribution in [1.82, 2.24) is 10.3 Å². The minimum absolute atomic E-state index is 0.0550. The van der Waals surface area contributed by atoms with Crippen LogP contribution in [0.5, 0.6) is 0 Å². The number of nitrogens with one attached hydrogen (secondary N) is 1. The van der Waals surface area contributed by atoms with Crippen LogP contribution in [0.4, 0.5) is 0 Å². The standard InChI is InChI=1S/C12H15N3OS/c1-12(5-2-6-12)15-11(16)9-4-3-8(7-14-9)10(13)17/h3-4,7H,2,5-6H2,1H3,(H2,13,17)(H,15,16). The molecule has 90 valence electrons. The zero-order valence-electron chi connectivity index (χ0n) is 9.69. The predicted molar refractivity (Wildman–Crippen MR) is 69.8 cm³/mol. The summed E-state index contributed by atoms with van der Waals surface area (Å²) in [7, 11) is 0. The lowest BCUT2D eigenvalue weighted by Gasteiger charge is -2.38. The number of rotatable bonds is 3. The molecule has 4 nitrogen and oxygen atoms in total. The predicted octanol–water partition coefficient (Wildman–Crippen LogP) is 1.39. The van der Waals surface area contributed by atoms with Gasteiger partial charge in [0.1, 0.15) is 10.7 Å². The van der Waals surface area contributed by atoms with Gasteiger partial charge in [0.15, 0.2) is 0 Å². The number of aromatic nitrogens is 1. The first kappa shape index (κ1) is 12.0. The van der Waals surface area contributed by atoms with Gasteiger partial charge in [-0.15, -0.1) is 0 Å². The molecule has 2 rings (SSSR count). The summed E-state index contributed by atoms with van der Waals surface area (Å²) < 4.78 is 0. The van der Waals surface area contributed by atoms with Gasteiger partial charge in [0, 0.05) is 17.3 Å². The Morgan fingerprint density at radius 2 is 2.24 bits per heavy atom. The summed E-state index contributed by atoms with van der Waals surface area (Å²) in [4.78, 5) is 16.2. The molecule has 1 saturated carbocycles. The van der Waals surface area contributed by atoms with Gasteiger partial charge < -0.3 is 11.1 Å². The number of hydrogen-bond donors (Lipinski definition) is 2. The van der Waals surface area contributed by atoms with Crippen LogP contribution in [-0.2, 0) is 0 Å². The SMILES string of the molecule is CC1(NC(=O)c2ccc(C(N)=S)cn2)CCC1. The average molecular weight is 249 g/mol. The maximum atomic E-state index is 11.9. The van der Waals surface area contributed by atoms with Gasteiger partial charge in [-0.25, -0.2) is 0 Å². The summed E-state index contributed by atoms with van der Waals surface area (Å²) in [6.45, 7) is 2.05. The normalized spacial score (nSPS) is 17.0. The lowest BCUT2D eigenvalue weighted by molar-refractivity contribution is 0.0845. The van der Waals surface area contributed by atoms with Crippen molar-refractivity contribution in [3.05, 3.63) is 29.6 Å². The second-order valence-electron chi connectivity index (χ2n) is 4.66. The van der Waals surface area contributed by atoms with E-state index < -0.39 is 0 Å². The largest absolute Gasteiger partial charge is 0.389 e.